The average Bonchev–Trinajstić information content (AvgIpc) is 2.47. The lowest BCUT2D eigenvalue weighted by molar-refractivity contribution is 0.507. The largest absolute Gasteiger partial charge is 0.378 e. The number of nitrogens with two attached hydrogens (primary N) is 1. The first-order valence-corrected chi connectivity index (χ1v) is 7.11. The van der Waals surface area contributed by atoms with Gasteiger partial charge in [0.2, 0.25) is 0 Å². The van der Waals surface area contributed by atoms with E-state index in [1.807, 2.05) is 37.2 Å². The van der Waals surface area contributed by atoms with Gasteiger partial charge < -0.3 is 4.90 Å². The van der Waals surface area contributed by atoms with Crippen LogP contribution in [-0.4, -0.2) is 14.1 Å². The Balaban J connectivity index is 2.55. The molecule has 112 valence electrons. The molecule has 3 nitrogen and oxygen atoms in total. The van der Waals surface area contributed by atoms with Gasteiger partial charge in [0, 0.05) is 25.3 Å². The van der Waals surface area contributed by atoms with E-state index in [0.717, 1.165) is 5.69 Å². The minimum absolute atomic E-state index is 0.109. The first-order valence-electron chi connectivity index (χ1n) is 6.32. The van der Waals surface area contributed by atoms with Gasteiger partial charge in [-0.1, -0.05) is 12.1 Å². The highest BCUT2D eigenvalue weighted by atomic mass is 79.9. The Morgan fingerprint density at radius 2 is 1.90 bits per heavy atom. The van der Waals surface area contributed by atoms with Crippen LogP contribution < -0.4 is 16.2 Å². The predicted octanol–water partition coefficient (Wildman–Crippen LogP) is 3.35. The van der Waals surface area contributed by atoms with E-state index in [9.17, 15) is 8.78 Å². The van der Waals surface area contributed by atoms with Crippen LogP contribution in [0.5, 0.6) is 0 Å². The molecule has 6 heteroatoms. The van der Waals surface area contributed by atoms with Crippen LogP contribution in [0.1, 0.15) is 17.2 Å². The molecule has 0 saturated carbocycles. The molecule has 0 heterocycles. The van der Waals surface area contributed by atoms with E-state index < -0.39 is 17.7 Å². The standard InChI is InChI=1S/C15H16BrF2N3/c1-21(2)10-5-3-4-9(8-10)15(20-19)13-12(17)7-6-11(16)14(13)18/h3-8,15,20H,19H2,1-2H3. The minimum atomic E-state index is -0.776. The number of benzene rings is 2. The summed E-state index contributed by atoms with van der Waals surface area (Å²) in [6.07, 6.45) is 0. The molecule has 0 amide bonds. The molecule has 0 radical (unpaired) electrons. The summed E-state index contributed by atoms with van der Waals surface area (Å²) in [6, 6.07) is 9.11. The molecule has 0 saturated heterocycles. The molecular formula is C15H16BrF2N3. The van der Waals surface area contributed by atoms with Gasteiger partial charge in [-0.3, -0.25) is 5.84 Å². The maximum atomic E-state index is 14.3. The maximum absolute atomic E-state index is 14.3. The molecule has 2 rings (SSSR count). The first-order chi connectivity index (χ1) is 9.95. The number of hydrazine groups is 1. The van der Waals surface area contributed by atoms with Gasteiger partial charge in [-0.2, -0.15) is 0 Å². The Morgan fingerprint density at radius 1 is 1.19 bits per heavy atom. The lowest BCUT2D eigenvalue weighted by Gasteiger charge is -2.21. The summed E-state index contributed by atoms with van der Waals surface area (Å²) < 4.78 is 28.5. The van der Waals surface area contributed by atoms with E-state index in [-0.39, 0.29) is 10.0 Å². The summed E-state index contributed by atoms with van der Waals surface area (Å²) >= 11 is 3.07. The number of halogens is 3. The van der Waals surface area contributed by atoms with Crippen molar-refractivity contribution in [3.05, 3.63) is 63.6 Å². The van der Waals surface area contributed by atoms with Gasteiger partial charge in [-0.05, 0) is 45.8 Å². The SMILES string of the molecule is CN(C)c1cccc(C(NN)c2c(F)ccc(Br)c2F)c1. The van der Waals surface area contributed by atoms with Crippen LogP contribution >= 0.6 is 15.9 Å². The summed E-state index contributed by atoms with van der Waals surface area (Å²) in [5, 5.41) is 0. The molecule has 21 heavy (non-hydrogen) atoms. The number of hydrogen-bond donors (Lipinski definition) is 2. The Hall–Kier alpha value is -1.50. The van der Waals surface area contributed by atoms with Crippen molar-refractivity contribution < 1.29 is 8.78 Å². The zero-order chi connectivity index (χ0) is 15.6. The number of rotatable bonds is 4. The predicted molar refractivity (Wildman–Crippen MR) is 84.0 cm³/mol. The average molecular weight is 356 g/mol. The molecule has 0 aliphatic carbocycles. The third-order valence-electron chi connectivity index (χ3n) is 3.25. The van der Waals surface area contributed by atoms with Crippen LogP contribution in [0.4, 0.5) is 14.5 Å². The molecule has 1 atom stereocenters. The van der Waals surface area contributed by atoms with Gasteiger partial charge in [-0.15, -0.1) is 0 Å². The van der Waals surface area contributed by atoms with E-state index in [0.29, 0.717) is 5.56 Å². The van der Waals surface area contributed by atoms with E-state index in [2.05, 4.69) is 21.4 Å². The molecule has 3 N–H and O–H groups in total. The molecule has 0 aliphatic heterocycles. The van der Waals surface area contributed by atoms with E-state index in [4.69, 9.17) is 5.84 Å². The molecule has 2 aromatic carbocycles. The van der Waals surface area contributed by atoms with Crippen LogP contribution in [0, 0.1) is 11.6 Å². The molecule has 0 fully saturated rings. The summed E-state index contributed by atoms with van der Waals surface area (Å²) in [7, 11) is 3.79. The van der Waals surface area contributed by atoms with Gasteiger partial charge in [0.25, 0.3) is 0 Å². The zero-order valence-corrected chi connectivity index (χ0v) is 13.3. The highest BCUT2D eigenvalue weighted by molar-refractivity contribution is 9.10. The van der Waals surface area contributed by atoms with Crippen molar-refractivity contribution in [3.8, 4) is 0 Å². The van der Waals surface area contributed by atoms with Crippen LogP contribution in [0.15, 0.2) is 40.9 Å². The Labute approximate surface area is 130 Å². The Morgan fingerprint density at radius 3 is 2.52 bits per heavy atom. The number of nitrogens with one attached hydrogen (secondary N) is 1. The molecule has 2 aromatic rings. The highest BCUT2D eigenvalue weighted by Crippen LogP contribution is 2.31. The molecule has 0 aliphatic rings. The Bertz CT molecular complexity index is 647. The van der Waals surface area contributed by atoms with Crippen LogP contribution in [0.3, 0.4) is 0 Å². The van der Waals surface area contributed by atoms with Crippen molar-refractivity contribution in [2.75, 3.05) is 19.0 Å². The summed E-state index contributed by atoms with van der Waals surface area (Å²) in [5.74, 6) is 4.24. The quantitative estimate of drug-likeness (QED) is 0.502. The second-order valence-corrected chi connectivity index (χ2v) is 5.70. The van der Waals surface area contributed by atoms with Crippen molar-refractivity contribution >= 4 is 21.6 Å². The summed E-state index contributed by atoms with van der Waals surface area (Å²) in [6.45, 7) is 0. The number of hydrogen-bond acceptors (Lipinski definition) is 3. The normalized spacial score (nSPS) is 12.3. The number of anilines is 1. The summed E-state index contributed by atoms with van der Waals surface area (Å²) in [4.78, 5) is 1.91. The van der Waals surface area contributed by atoms with Crippen molar-refractivity contribution in [2.24, 2.45) is 5.84 Å². The fourth-order valence-corrected chi connectivity index (χ4v) is 2.48. The molecule has 1 unspecified atom stereocenters. The van der Waals surface area contributed by atoms with Crippen LogP contribution in [0.25, 0.3) is 0 Å². The van der Waals surface area contributed by atoms with Gasteiger partial charge in [0.1, 0.15) is 11.6 Å². The maximum Gasteiger partial charge on any atom is 0.145 e. The second kappa shape index (κ2) is 6.51. The van der Waals surface area contributed by atoms with E-state index >= 15 is 0 Å². The lowest BCUT2D eigenvalue weighted by atomic mass is 9.97. The highest BCUT2D eigenvalue weighted by Gasteiger charge is 2.23. The van der Waals surface area contributed by atoms with Gasteiger partial charge >= 0.3 is 0 Å². The van der Waals surface area contributed by atoms with Crippen molar-refractivity contribution in [1.29, 1.82) is 0 Å². The van der Waals surface area contributed by atoms with Gasteiger partial charge in [0.05, 0.1) is 10.5 Å². The van der Waals surface area contributed by atoms with Crippen LogP contribution in [-0.2, 0) is 0 Å². The second-order valence-electron chi connectivity index (χ2n) is 4.85. The van der Waals surface area contributed by atoms with Gasteiger partial charge in [-0.25, -0.2) is 14.2 Å². The third kappa shape index (κ3) is 3.23. The fourth-order valence-electron chi connectivity index (χ4n) is 2.14. The summed E-state index contributed by atoms with van der Waals surface area (Å²) in [5.41, 5.74) is 3.98. The zero-order valence-electron chi connectivity index (χ0n) is 11.7. The fraction of sp³-hybridized carbons (Fsp3) is 0.200. The molecule has 0 spiro atoms. The first kappa shape index (κ1) is 15.9. The molecular weight excluding hydrogens is 340 g/mol. The van der Waals surface area contributed by atoms with Crippen molar-refractivity contribution in [2.45, 2.75) is 6.04 Å². The smallest absolute Gasteiger partial charge is 0.145 e. The molecule has 0 bridgehead atoms. The van der Waals surface area contributed by atoms with Crippen molar-refractivity contribution in [1.82, 2.24) is 5.43 Å². The van der Waals surface area contributed by atoms with E-state index in [1.165, 1.54) is 12.1 Å². The Kier molecular flexibility index (Phi) is 4.92. The minimum Gasteiger partial charge on any atom is -0.378 e. The van der Waals surface area contributed by atoms with E-state index in [1.54, 1.807) is 6.07 Å². The van der Waals surface area contributed by atoms with Crippen molar-refractivity contribution in [3.63, 3.8) is 0 Å². The topological polar surface area (TPSA) is 41.3 Å². The number of nitrogens with zero attached hydrogens (tertiary/aromatic N) is 1. The third-order valence-corrected chi connectivity index (χ3v) is 3.87. The van der Waals surface area contributed by atoms with Gasteiger partial charge in [0.15, 0.2) is 0 Å². The molecule has 0 aromatic heterocycles. The lowest BCUT2D eigenvalue weighted by Crippen LogP contribution is -2.30. The monoisotopic (exact) mass is 355 g/mol. The van der Waals surface area contributed by atoms with Crippen LogP contribution in [0.2, 0.25) is 0 Å².